The Labute approximate surface area is 351 Å². The fourth-order valence-electron chi connectivity index (χ4n) is 7.43. The Balaban J connectivity index is 1.41. The summed E-state index contributed by atoms with van der Waals surface area (Å²) in [6.45, 7) is 0. The number of aliphatic hydroxyl groups is 2. The van der Waals surface area contributed by atoms with E-state index in [1.807, 2.05) is 0 Å². The summed E-state index contributed by atoms with van der Waals surface area (Å²) < 4.78 is 23.1. The highest BCUT2D eigenvalue weighted by molar-refractivity contribution is 6.00. The molecule has 0 unspecified atom stereocenters. The van der Waals surface area contributed by atoms with Crippen molar-refractivity contribution in [2.24, 2.45) is 0 Å². The molecular weight excluding hydrogens is 836 g/mol. The number of phenolic OH excluding ortho intramolecular Hbond substituents is 11. The van der Waals surface area contributed by atoms with Gasteiger partial charge in [-0.2, -0.15) is 0 Å². The minimum Gasteiger partial charge on any atom is -0.508 e. The van der Waals surface area contributed by atoms with Gasteiger partial charge in [0.25, 0.3) is 0 Å². The number of ether oxygens (including phenoxy) is 4. The molecule has 2 heterocycles. The summed E-state index contributed by atoms with van der Waals surface area (Å²) in [6.07, 6.45) is -7.02. The van der Waals surface area contributed by atoms with Crippen molar-refractivity contribution in [1.29, 1.82) is 0 Å². The number of aliphatic hydroxyl groups excluding tert-OH is 2. The van der Waals surface area contributed by atoms with E-state index in [4.69, 9.17) is 18.9 Å². The summed E-state index contributed by atoms with van der Waals surface area (Å²) in [6, 6.07) is 9.92. The SMILES string of the molecule is O=C(Oc1cc([C@H]2Oc3cc(O)cc(O)c3C[C@H]2O)cc2c([C@H]3Oc4cc(O)cc(O)c4C[C@H]3O)cc(O)c(OC(=O)c3cc(O)c(O)c(O)c3)c2c1=O)c1cc(O)c(O)c(O)c1. The highest BCUT2D eigenvalue weighted by atomic mass is 16.5. The quantitative estimate of drug-likeness (QED) is 0.0647. The maximum atomic E-state index is 15.0. The van der Waals surface area contributed by atoms with Crippen LogP contribution in [0.15, 0.2) is 71.5 Å². The van der Waals surface area contributed by atoms with E-state index in [2.05, 4.69) is 0 Å². The number of hydrogen-bond donors (Lipinski definition) is 13. The van der Waals surface area contributed by atoms with Crippen LogP contribution in [-0.2, 0) is 12.8 Å². The van der Waals surface area contributed by atoms with Gasteiger partial charge >= 0.3 is 11.9 Å². The normalized spacial score (nSPS) is 17.7. The molecule has 2 aliphatic rings. The molecule has 0 bridgehead atoms. The van der Waals surface area contributed by atoms with Gasteiger partial charge in [0.2, 0.25) is 5.43 Å². The van der Waals surface area contributed by atoms with Crippen LogP contribution in [0.3, 0.4) is 0 Å². The predicted octanol–water partition coefficient (Wildman–Crippen LogP) is 3.47. The van der Waals surface area contributed by atoms with Crippen LogP contribution in [0.5, 0.6) is 86.2 Å². The predicted molar refractivity (Wildman–Crippen MR) is 210 cm³/mol. The van der Waals surface area contributed by atoms with Crippen molar-refractivity contribution in [3.63, 3.8) is 0 Å². The highest BCUT2D eigenvalue weighted by Crippen LogP contribution is 2.48. The molecule has 63 heavy (non-hydrogen) atoms. The van der Waals surface area contributed by atoms with E-state index >= 15 is 0 Å². The lowest BCUT2D eigenvalue weighted by molar-refractivity contribution is 0.0193. The van der Waals surface area contributed by atoms with Gasteiger partial charge in [0.05, 0.1) is 28.7 Å². The number of carbonyl (C=O) groups excluding carboxylic acids is 2. The van der Waals surface area contributed by atoms with Gasteiger partial charge in [0.1, 0.15) is 40.6 Å². The summed E-state index contributed by atoms with van der Waals surface area (Å²) >= 11 is 0. The maximum Gasteiger partial charge on any atom is 0.343 e. The van der Waals surface area contributed by atoms with Gasteiger partial charge in [-0.15, -0.1) is 0 Å². The van der Waals surface area contributed by atoms with Crippen molar-refractivity contribution in [3.8, 4) is 86.2 Å². The number of esters is 2. The molecule has 13 N–H and O–H groups in total. The molecule has 0 spiro atoms. The van der Waals surface area contributed by atoms with Crippen LogP contribution in [0, 0.1) is 0 Å². The Morgan fingerprint density at radius 3 is 1.49 bits per heavy atom. The number of phenols is 11. The van der Waals surface area contributed by atoms with Crippen LogP contribution in [0.1, 0.15) is 55.2 Å². The standard InChI is InChI=1S/C43H32O20/c44-17-7-23(46)21-12-29(52)39(60-32(21)9-17)14-1-19-20(40-30(53)13-22-24(47)8-18(45)10-33(22)61-40)11-31(54)41(63-43(59)16-4-27(50)37(56)28(51)5-16)35(19)38(57)34(6-14)62-42(58)15-2-25(48)36(55)26(49)3-15/h1-11,29-30,39-40,44-56H,12-13H2/t29-,30-,39-,40-/m1/s1. The van der Waals surface area contributed by atoms with Crippen LogP contribution in [0.2, 0.25) is 0 Å². The maximum absolute atomic E-state index is 15.0. The highest BCUT2D eigenvalue weighted by Gasteiger charge is 2.38. The molecule has 0 aliphatic carbocycles. The molecule has 6 aromatic rings. The van der Waals surface area contributed by atoms with Crippen LogP contribution >= 0.6 is 0 Å². The topological polar surface area (TPSA) is 351 Å². The summed E-state index contributed by atoms with van der Waals surface area (Å²) in [5.74, 6) is -13.8. The van der Waals surface area contributed by atoms with Crippen LogP contribution in [0.25, 0.3) is 10.8 Å². The molecule has 0 saturated carbocycles. The number of carbonyl (C=O) groups is 2. The Kier molecular flexibility index (Phi) is 9.96. The molecule has 0 radical (unpaired) electrons. The number of hydrogen-bond acceptors (Lipinski definition) is 20. The molecular formula is C43H32O20. The minimum atomic E-state index is -1.60. The van der Waals surface area contributed by atoms with Gasteiger partial charge in [0, 0.05) is 53.8 Å². The molecule has 324 valence electrons. The Morgan fingerprint density at radius 1 is 0.524 bits per heavy atom. The third kappa shape index (κ3) is 7.29. The van der Waals surface area contributed by atoms with Gasteiger partial charge in [-0.25, -0.2) is 9.59 Å². The fourth-order valence-corrected chi connectivity index (χ4v) is 7.43. The number of aromatic hydroxyl groups is 11. The largest absolute Gasteiger partial charge is 0.508 e. The van der Waals surface area contributed by atoms with Crippen molar-refractivity contribution >= 4 is 22.7 Å². The van der Waals surface area contributed by atoms with E-state index in [-0.39, 0.29) is 52.0 Å². The van der Waals surface area contributed by atoms with Gasteiger partial charge in [-0.1, -0.05) is 0 Å². The third-order valence-corrected chi connectivity index (χ3v) is 10.4. The van der Waals surface area contributed by atoms with Crippen LogP contribution in [0.4, 0.5) is 0 Å². The summed E-state index contributed by atoms with van der Waals surface area (Å²) in [7, 11) is 0. The van der Waals surface area contributed by atoms with Crippen LogP contribution < -0.4 is 24.4 Å². The molecule has 20 heteroatoms. The van der Waals surface area contributed by atoms with E-state index in [0.717, 1.165) is 42.5 Å². The van der Waals surface area contributed by atoms with Crippen LogP contribution in [-0.4, -0.2) is 90.5 Å². The molecule has 2 aliphatic heterocycles. The zero-order valence-electron chi connectivity index (χ0n) is 31.7. The molecule has 0 saturated heterocycles. The second-order valence-electron chi connectivity index (χ2n) is 14.6. The first kappa shape index (κ1) is 41.3. The number of rotatable bonds is 6. The lowest BCUT2D eigenvalue weighted by atomic mass is 9.90. The first-order valence-corrected chi connectivity index (χ1v) is 18.4. The Morgan fingerprint density at radius 2 is 0.984 bits per heavy atom. The molecule has 20 nitrogen and oxygen atoms in total. The fraction of sp³-hybridized carbons (Fsp3) is 0.140. The smallest absolute Gasteiger partial charge is 0.343 e. The summed E-state index contributed by atoms with van der Waals surface area (Å²) in [5.41, 5.74) is -2.99. The molecule has 4 atom stereocenters. The lowest BCUT2D eigenvalue weighted by Crippen LogP contribution is -2.31. The van der Waals surface area contributed by atoms with Crippen molar-refractivity contribution in [1.82, 2.24) is 0 Å². The second kappa shape index (κ2) is 15.2. The first-order chi connectivity index (χ1) is 29.8. The Bertz CT molecular complexity index is 2950. The van der Waals surface area contributed by atoms with Crippen molar-refractivity contribution in [3.05, 3.63) is 110 Å². The monoisotopic (exact) mass is 868 g/mol. The van der Waals surface area contributed by atoms with Gasteiger partial charge < -0.3 is 85.3 Å². The minimum absolute atomic E-state index is 0.0659. The summed E-state index contributed by atoms with van der Waals surface area (Å²) in [5, 5.41) is 135. The number of fused-ring (bicyclic) bond motifs is 3. The van der Waals surface area contributed by atoms with Gasteiger partial charge in [0.15, 0.2) is 57.8 Å². The zero-order valence-corrected chi connectivity index (χ0v) is 31.7. The van der Waals surface area contributed by atoms with Gasteiger partial charge in [-0.3, -0.25) is 4.79 Å². The van der Waals surface area contributed by atoms with E-state index < -0.39 is 133 Å². The third-order valence-electron chi connectivity index (χ3n) is 10.4. The van der Waals surface area contributed by atoms with E-state index in [0.29, 0.717) is 24.3 Å². The van der Waals surface area contributed by atoms with Crippen molar-refractivity contribution in [2.75, 3.05) is 0 Å². The molecule has 0 aromatic heterocycles. The number of benzene rings is 5. The summed E-state index contributed by atoms with van der Waals surface area (Å²) in [4.78, 5) is 42.2. The van der Waals surface area contributed by atoms with E-state index in [1.54, 1.807) is 0 Å². The Hall–Kier alpha value is -8.49. The molecule has 0 fully saturated rings. The average Bonchev–Trinajstić information content (AvgIpc) is 3.35. The van der Waals surface area contributed by atoms with E-state index in [1.165, 1.54) is 0 Å². The molecule has 8 rings (SSSR count). The zero-order chi connectivity index (χ0) is 45.3. The van der Waals surface area contributed by atoms with E-state index in [9.17, 15) is 80.8 Å². The molecule has 6 aromatic carbocycles. The lowest BCUT2D eigenvalue weighted by Gasteiger charge is -2.32. The second-order valence-corrected chi connectivity index (χ2v) is 14.6. The van der Waals surface area contributed by atoms with Crippen molar-refractivity contribution in [2.45, 2.75) is 37.3 Å². The van der Waals surface area contributed by atoms with Crippen molar-refractivity contribution < 1.29 is 94.9 Å². The average molecular weight is 869 g/mol. The molecule has 0 amide bonds. The first-order valence-electron chi connectivity index (χ1n) is 18.4. The van der Waals surface area contributed by atoms with Gasteiger partial charge in [-0.05, 0) is 53.4 Å².